The standard InChI is InChI=1S/C15H28N2O2/c1-3-11(4-2)13(18)10-17-14(19)12-9-15(12)5-7-16-8-6-15/h11-13,16,18H,3-10H2,1-2H3,(H,17,19). The molecule has 0 aromatic rings. The van der Waals surface area contributed by atoms with E-state index in [-0.39, 0.29) is 17.2 Å². The summed E-state index contributed by atoms with van der Waals surface area (Å²) in [5, 5.41) is 16.3. The summed E-state index contributed by atoms with van der Waals surface area (Å²) >= 11 is 0. The van der Waals surface area contributed by atoms with Crippen LogP contribution in [0.25, 0.3) is 0 Å². The molecule has 1 spiro atoms. The minimum absolute atomic E-state index is 0.159. The van der Waals surface area contributed by atoms with Gasteiger partial charge in [-0.1, -0.05) is 26.7 Å². The third kappa shape index (κ3) is 3.29. The van der Waals surface area contributed by atoms with Crippen molar-refractivity contribution in [3.63, 3.8) is 0 Å². The molecule has 2 rings (SSSR count). The minimum Gasteiger partial charge on any atom is -0.391 e. The Morgan fingerprint density at radius 3 is 2.58 bits per heavy atom. The first-order valence-electron chi connectivity index (χ1n) is 7.79. The van der Waals surface area contributed by atoms with Gasteiger partial charge in [0.15, 0.2) is 0 Å². The van der Waals surface area contributed by atoms with Crippen molar-refractivity contribution in [3.05, 3.63) is 0 Å². The Bertz CT molecular complexity index is 309. The van der Waals surface area contributed by atoms with Crippen molar-refractivity contribution in [3.8, 4) is 0 Å². The van der Waals surface area contributed by atoms with Crippen LogP contribution in [0.3, 0.4) is 0 Å². The summed E-state index contributed by atoms with van der Waals surface area (Å²) in [4.78, 5) is 12.1. The van der Waals surface area contributed by atoms with Gasteiger partial charge in [-0.3, -0.25) is 4.79 Å². The quantitative estimate of drug-likeness (QED) is 0.680. The lowest BCUT2D eigenvalue weighted by molar-refractivity contribution is -0.123. The Balaban J connectivity index is 1.74. The van der Waals surface area contributed by atoms with E-state index in [2.05, 4.69) is 24.5 Å². The van der Waals surface area contributed by atoms with E-state index in [4.69, 9.17) is 0 Å². The zero-order valence-corrected chi connectivity index (χ0v) is 12.2. The second kappa shape index (κ2) is 6.23. The number of aliphatic hydroxyl groups excluding tert-OH is 1. The van der Waals surface area contributed by atoms with Crippen molar-refractivity contribution in [1.29, 1.82) is 0 Å². The Hall–Kier alpha value is -0.610. The van der Waals surface area contributed by atoms with Crippen LogP contribution in [0.4, 0.5) is 0 Å². The lowest BCUT2D eigenvalue weighted by Crippen LogP contribution is -2.38. The fourth-order valence-electron chi connectivity index (χ4n) is 3.52. The number of hydrogen-bond donors (Lipinski definition) is 3. The molecule has 1 saturated heterocycles. The Labute approximate surface area is 116 Å². The van der Waals surface area contributed by atoms with Crippen molar-refractivity contribution in [2.24, 2.45) is 17.3 Å². The summed E-state index contributed by atoms with van der Waals surface area (Å²) in [6, 6.07) is 0. The highest BCUT2D eigenvalue weighted by molar-refractivity contribution is 5.82. The lowest BCUT2D eigenvalue weighted by atomic mass is 9.91. The number of carbonyl (C=O) groups excluding carboxylic acids is 1. The van der Waals surface area contributed by atoms with Crippen molar-refractivity contribution in [2.75, 3.05) is 19.6 Å². The Kier molecular flexibility index (Phi) is 4.85. The second-order valence-electron chi connectivity index (χ2n) is 6.26. The molecule has 2 unspecified atom stereocenters. The maximum Gasteiger partial charge on any atom is 0.223 e. The van der Waals surface area contributed by atoms with E-state index in [1.807, 2.05) is 0 Å². The maximum atomic E-state index is 12.1. The van der Waals surface area contributed by atoms with Crippen LogP contribution >= 0.6 is 0 Å². The minimum atomic E-state index is -0.401. The monoisotopic (exact) mass is 268 g/mol. The molecule has 3 N–H and O–H groups in total. The molecule has 1 saturated carbocycles. The first-order chi connectivity index (χ1) is 9.13. The zero-order chi connectivity index (χ0) is 13.9. The zero-order valence-electron chi connectivity index (χ0n) is 12.2. The van der Waals surface area contributed by atoms with E-state index in [1.165, 1.54) is 0 Å². The highest BCUT2D eigenvalue weighted by Gasteiger charge is 2.57. The molecule has 0 radical (unpaired) electrons. The Morgan fingerprint density at radius 1 is 1.37 bits per heavy atom. The molecule has 4 nitrogen and oxygen atoms in total. The SMILES string of the molecule is CCC(CC)C(O)CNC(=O)C1CC12CCNCC2. The summed E-state index contributed by atoms with van der Waals surface area (Å²) in [5.41, 5.74) is 0.287. The van der Waals surface area contributed by atoms with Gasteiger partial charge in [0.25, 0.3) is 0 Å². The van der Waals surface area contributed by atoms with Gasteiger partial charge < -0.3 is 15.7 Å². The van der Waals surface area contributed by atoms with Crippen LogP contribution in [0.1, 0.15) is 46.0 Å². The molecule has 1 aliphatic heterocycles. The smallest absolute Gasteiger partial charge is 0.223 e. The molecular weight excluding hydrogens is 240 g/mol. The summed E-state index contributed by atoms with van der Waals surface area (Å²) in [6.45, 7) is 6.67. The molecule has 110 valence electrons. The third-order valence-corrected chi connectivity index (χ3v) is 5.18. The average Bonchev–Trinajstić information content (AvgIpc) is 3.12. The molecule has 0 aromatic heterocycles. The topological polar surface area (TPSA) is 61.4 Å². The van der Waals surface area contributed by atoms with Gasteiger partial charge in [0, 0.05) is 12.5 Å². The molecule has 1 aliphatic carbocycles. The van der Waals surface area contributed by atoms with Gasteiger partial charge in [-0.05, 0) is 43.7 Å². The molecule has 19 heavy (non-hydrogen) atoms. The molecule has 1 heterocycles. The fraction of sp³-hybridized carbons (Fsp3) is 0.933. The van der Waals surface area contributed by atoms with Crippen LogP contribution in [0.15, 0.2) is 0 Å². The van der Waals surface area contributed by atoms with Crippen molar-refractivity contribution >= 4 is 5.91 Å². The van der Waals surface area contributed by atoms with Crippen molar-refractivity contribution < 1.29 is 9.90 Å². The molecule has 4 heteroatoms. The van der Waals surface area contributed by atoms with E-state index in [9.17, 15) is 9.90 Å². The molecular formula is C15H28N2O2. The van der Waals surface area contributed by atoms with Gasteiger partial charge in [0.2, 0.25) is 5.91 Å². The molecule has 2 fully saturated rings. The van der Waals surface area contributed by atoms with Gasteiger partial charge >= 0.3 is 0 Å². The maximum absolute atomic E-state index is 12.1. The number of rotatable bonds is 6. The van der Waals surface area contributed by atoms with Crippen LogP contribution < -0.4 is 10.6 Å². The fourth-order valence-corrected chi connectivity index (χ4v) is 3.52. The second-order valence-corrected chi connectivity index (χ2v) is 6.26. The number of nitrogens with one attached hydrogen (secondary N) is 2. The van der Waals surface area contributed by atoms with Crippen LogP contribution in [0.2, 0.25) is 0 Å². The highest BCUT2D eigenvalue weighted by atomic mass is 16.3. The van der Waals surface area contributed by atoms with Gasteiger partial charge in [0.1, 0.15) is 0 Å². The summed E-state index contributed by atoms with van der Waals surface area (Å²) in [6.07, 6.45) is 4.82. The van der Waals surface area contributed by atoms with Gasteiger partial charge in [-0.2, -0.15) is 0 Å². The van der Waals surface area contributed by atoms with E-state index in [1.54, 1.807) is 0 Å². The highest BCUT2D eigenvalue weighted by Crippen LogP contribution is 2.58. The number of aliphatic hydroxyl groups is 1. The molecule has 2 atom stereocenters. The predicted molar refractivity (Wildman–Crippen MR) is 75.7 cm³/mol. The molecule has 1 amide bonds. The first kappa shape index (κ1) is 14.8. The van der Waals surface area contributed by atoms with E-state index in [0.29, 0.717) is 12.5 Å². The number of piperidine rings is 1. The van der Waals surface area contributed by atoms with Crippen molar-refractivity contribution in [1.82, 2.24) is 10.6 Å². The molecule has 0 bridgehead atoms. The van der Waals surface area contributed by atoms with Gasteiger partial charge in [-0.25, -0.2) is 0 Å². The van der Waals surface area contributed by atoms with Crippen LogP contribution in [-0.2, 0) is 4.79 Å². The summed E-state index contributed by atoms with van der Waals surface area (Å²) in [7, 11) is 0. The number of carbonyl (C=O) groups is 1. The number of amides is 1. The van der Waals surface area contributed by atoms with Crippen molar-refractivity contribution in [2.45, 2.75) is 52.1 Å². The number of hydrogen-bond acceptors (Lipinski definition) is 3. The van der Waals surface area contributed by atoms with E-state index < -0.39 is 6.10 Å². The van der Waals surface area contributed by atoms with Gasteiger partial charge in [0.05, 0.1) is 6.10 Å². The summed E-state index contributed by atoms with van der Waals surface area (Å²) in [5.74, 6) is 0.655. The largest absolute Gasteiger partial charge is 0.391 e. The predicted octanol–water partition coefficient (Wildman–Crippen LogP) is 1.29. The van der Waals surface area contributed by atoms with Gasteiger partial charge in [-0.15, -0.1) is 0 Å². The Morgan fingerprint density at radius 2 is 2.00 bits per heavy atom. The first-order valence-corrected chi connectivity index (χ1v) is 7.79. The lowest BCUT2D eigenvalue weighted by Gasteiger charge is -2.24. The molecule has 0 aromatic carbocycles. The third-order valence-electron chi connectivity index (χ3n) is 5.18. The molecule has 2 aliphatic rings. The van der Waals surface area contributed by atoms with E-state index >= 15 is 0 Å². The van der Waals surface area contributed by atoms with Crippen LogP contribution in [-0.4, -0.2) is 36.8 Å². The van der Waals surface area contributed by atoms with E-state index in [0.717, 1.165) is 45.2 Å². The van der Waals surface area contributed by atoms with Crippen LogP contribution in [0, 0.1) is 17.3 Å². The van der Waals surface area contributed by atoms with Crippen LogP contribution in [0.5, 0.6) is 0 Å². The average molecular weight is 268 g/mol. The normalized spacial score (nSPS) is 26.4. The summed E-state index contributed by atoms with van der Waals surface area (Å²) < 4.78 is 0.